The maximum Gasteiger partial charge on any atom is 0.0558 e. The third-order valence-corrected chi connectivity index (χ3v) is 3.66. The lowest BCUT2D eigenvalue weighted by Crippen LogP contribution is -2.10. The molecule has 0 spiro atoms. The first-order valence-electron chi connectivity index (χ1n) is 5.09. The summed E-state index contributed by atoms with van der Waals surface area (Å²) in [7, 11) is 0. The monoisotopic (exact) mass is 249 g/mol. The van der Waals surface area contributed by atoms with Gasteiger partial charge in [-0.3, -0.25) is 0 Å². The van der Waals surface area contributed by atoms with Crippen LogP contribution in [0.3, 0.4) is 0 Å². The summed E-state index contributed by atoms with van der Waals surface area (Å²) in [6.07, 6.45) is 0. The molecule has 1 aromatic carbocycles. The highest BCUT2D eigenvalue weighted by Gasteiger charge is 2.13. The molecule has 1 heterocycles. The molecule has 0 saturated heterocycles. The molecule has 0 N–H and O–H groups in total. The van der Waals surface area contributed by atoms with E-state index in [4.69, 9.17) is 12.6 Å². The van der Waals surface area contributed by atoms with Crippen molar-refractivity contribution in [3.63, 3.8) is 0 Å². The average Bonchev–Trinajstić information content (AvgIpc) is 2.63. The third-order valence-electron chi connectivity index (χ3n) is 2.47. The Morgan fingerprint density at radius 1 is 1.12 bits per heavy atom. The molecule has 0 aliphatic carbocycles. The summed E-state index contributed by atoms with van der Waals surface area (Å²) in [6, 6.07) is 8.46. The van der Waals surface area contributed by atoms with Crippen LogP contribution in [-0.4, -0.2) is 9.59 Å². The van der Waals surface area contributed by atoms with Gasteiger partial charge in [0, 0.05) is 0 Å². The number of aromatic nitrogens is 2. The van der Waals surface area contributed by atoms with Crippen LogP contribution >= 0.6 is 11.5 Å². The standard InChI is InChI=1S/C12H14N2S2/c1-12(2,3)9-6-4-8(5-7-9)10-11(15)13-14-16-10/h4-7,15H,1-3H3/p-1. The molecule has 0 amide bonds. The van der Waals surface area contributed by atoms with Crippen molar-refractivity contribution in [1.82, 2.24) is 9.59 Å². The minimum Gasteiger partial charge on any atom is -0.757 e. The zero-order valence-corrected chi connectivity index (χ0v) is 11.2. The molecule has 0 atom stereocenters. The van der Waals surface area contributed by atoms with E-state index in [0.717, 1.165) is 10.4 Å². The SMILES string of the molecule is CC(C)(C)c1ccc(-c2snnc2[S-])cc1. The predicted molar refractivity (Wildman–Crippen MR) is 69.7 cm³/mol. The van der Waals surface area contributed by atoms with E-state index in [1.165, 1.54) is 17.1 Å². The summed E-state index contributed by atoms with van der Waals surface area (Å²) in [5.41, 5.74) is 2.61. The second kappa shape index (κ2) is 4.11. The van der Waals surface area contributed by atoms with E-state index in [9.17, 15) is 0 Å². The number of hydrogen-bond donors (Lipinski definition) is 0. The zero-order chi connectivity index (χ0) is 11.8. The largest absolute Gasteiger partial charge is 0.757 e. The average molecular weight is 249 g/mol. The molecule has 0 aliphatic rings. The summed E-state index contributed by atoms with van der Waals surface area (Å²) in [5, 5.41) is 4.44. The quantitative estimate of drug-likeness (QED) is 0.724. The molecule has 2 nitrogen and oxygen atoms in total. The van der Waals surface area contributed by atoms with E-state index < -0.39 is 0 Å². The minimum atomic E-state index is 0.182. The molecule has 84 valence electrons. The maximum atomic E-state index is 5.11. The Morgan fingerprint density at radius 2 is 1.75 bits per heavy atom. The molecule has 2 rings (SSSR count). The second-order valence-corrected chi connectivity index (χ2v) is 5.88. The minimum absolute atomic E-state index is 0.182. The molecular formula is C12H13N2S2-. The van der Waals surface area contributed by atoms with Crippen LogP contribution in [0.15, 0.2) is 29.3 Å². The van der Waals surface area contributed by atoms with Gasteiger partial charge in [0.25, 0.3) is 0 Å². The van der Waals surface area contributed by atoms with Gasteiger partial charge in [-0.1, -0.05) is 49.5 Å². The second-order valence-electron chi connectivity index (χ2n) is 4.73. The van der Waals surface area contributed by atoms with Gasteiger partial charge in [0.1, 0.15) is 0 Å². The number of hydrogen-bond acceptors (Lipinski definition) is 4. The first-order chi connectivity index (χ1) is 7.48. The fraction of sp³-hybridized carbons (Fsp3) is 0.333. The third kappa shape index (κ3) is 2.23. The normalized spacial score (nSPS) is 11.7. The van der Waals surface area contributed by atoms with Gasteiger partial charge in [0.15, 0.2) is 0 Å². The highest BCUT2D eigenvalue weighted by atomic mass is 32.1. The van der Waals surface area contributed by atoms with Crippen LogP contribution in [0, 0.1) is 0 Å². The van der Waals surface area contributed by atoms with Crippen molar-refractivity contribution in [2.45, 2.75) is 31.2 Å². The van der Waals surface area contributed by atoms with Crippen LogP contribution in [-0.2, 0) is 18.0 Å². The molecule has 0 saturated carbocycles. The van der Waals surface area contributed by atoms with Crippen LogP contribution < -0.4 is 0 Å². The van der Waals surface area contributed by atoms with Gasteiger partial charge in [-0.2, -0.15) is 5.10 Å². The van der Waals surface area contributed by atoms with E-state index in [0.29, 0.717) is 5.03 Å². The topological polar surface area (TPSA) is 25.8 Å². The van der Waals surface area contributed by atoms with Crippen LogP contribution in [0.25, 0.3) is 10.4 Å². The van der Waals surface area contributed by atoms with Crippen molar-refractivity contribution < 1.29 is 0 Å². The lowest BCUT2D eigenvalue weighted by Gasteiger charge is -2.19. The van der Waals surface area contributed by atoms with E-state index in [2.05, 4.69) is 54.6 Å². The molecule has 4 heteroatoms. The van der Waals surface area contributed by atoms with E-state index in [-0.39, 0.29) is 5.41 Å². The Morgan fingerprint density at radius 3 is 2.19 bits per heavy atom. The first-order valence-corrected chi connectivity index (χ1v) is 6.27. The molecule has 1 aromatic heterocycles. The van der Waals surface area contributed by atoms with Gasteiger partial charge < -0.3 is 12.6 Å². The van der Waals surface area contributed by atoms with Crippen LogP contribution in [0.1, 0.15) is 26.3 Å². The zero-order valence-electron chi connectivity index (χ0n) is 9.52. The Labute approximate surface area is 105 Å². The van der Waals surface area contributed by atoms with Gasteiger partial charge in [-0.15, -0.1) is 0 Å². The molecule has 0 aliphatic heterocycles. The fourth-order valence-corrected chi connectivity index (χ4v) is 2.37. The lowest BCUT2D eigenvalue weighted by molar-refractivity contribution is 0.590. The highest BCUT2D eigenvalue weighted by molar-refractivity contribution is 7.59. The van der Waals surface area contributed by atoms with Crippen molar-refractivity contribution in [3.05, 3.63) is 29.8 Å². The van der Waals surface area contributed by atoms with Crippen molar-refractivity contribution in [2.75, 3.05) is 0 Å². The Kier molecular flexibility index (Phi) is 2.95. The molecule has 16 heavy (non-hydrogen) atoms. The van der Waals surface area contributed by atoms with E-state index in [1.807, 2.05) is 0 Å². The van der Waals surface area contributed by atoms with Gasteiger partial charge in [-0.05, 0) is 33.1 Å². The summed E-state index contributed by atoms with van der Waals surface area (Å²) < 4.78 is 3.86. The molecule has 0 fully saturated rings. The summed E-state index contributed by atoms with van der Waals surface area (Å²) in [5.74, 6) is 0. The molecular weight excluding hydrogens is 236 g/mol. The van der Waals surface area contributed by atoms with Gasteiger partial charge >= 0.3 is 0 Å². The Bertz CT molecular complexity index is 480. The number of rotatable bonds is 1. The molecule has 0 radical (unpaired) electrons. The molecule has 0 bridgehead atoms. The Balaban J connectivity index is 2.37. The number of nitrogens with zero attached hydrogens (tertiary/aromatic N) is 2. The van der Waals surface area contributed by atoms with Crippen LogP contribution in [0.5, 0.6) is 0 Å². The van der Waals surface area contributed by atoms with Gasteiger partial charge in [0.2, 0.25) is 0 Å². The van der Waals surface area contributed by atoms with Crippen molar-refractivity contribution in [1.29, 1.82) is 0 Å². The van der Waals surface area contributed by atoms with Crippen molar-refractivity contribution in [2.24, 2.45) is 0 Å². The van der Waals surface area contributed by atoms with Crippen LogP contribution in [0.2, 0.25) is 0 Å². The Hall–Kier alpha value is -1.00. The predicted octanol–water partition coefficient (Wildman–Crippen LogP) is 3.41. The summed E-state index contributed by atoms with van der Waals surface area (Å²) in [6.45, 7) is 6.61. The van der Waals surface area contributed by atoms with Gasteiger partial charge in [-0.25, -0.2) is 0 Å². The summed E-state index contributed by atoms with van der Waals surface area (Å²) >= 11 is 6.46. The van der Waals surface area contributed by atoms with Gasteiger partial charge in [0.05, 0.1) is 4.88 Å². The maximum absolute atomic E-state index is 5.11. The lowest BCUT2D eigenvalue weighted by atomic mass is 9.87. The van der Waals surface area contributed by atoms with E-state index in [1.54, 1.807) is 0 Å². The highest BCUT2D eigenvalue weighted by Crippen LogP contribution is 2.29. The van der Waals surface area contributed by atoms with Crippen LogP contribution in [0.4, 0.5) is 0 Å². The smallest absolute Gasteiger partial charge is 0.0558 e. The molecule has 0 unspecified atom stereocenters. The van der Waals surface area contributed by atoms with Crippen molar-refractivity contribution in [3.8, 4) is 10.4 Å². The van der Waals surface area contributed by atoms with E-state index >= 15 is 0 Å². The fourth-order valence-electron chi connectivity index (χ4n) is 1.48. The number of benzene rings is 1. The summed E-state index contributed by atoms with van der Waals surface area (Å²) in [4.78, 5) is 0.982. The molecule has 2 aromatic rings. The van der Waals surface area contributed by atoms with Crippen molar-refractivity contribution >= 4 is 24.2 Å². The first kappa shape index (κ1) is 11.5.